The van der Waals surface area contributed by atoms with Crippen LogP contribution in [-0.4, -0.2) is 34.2 Å². The first kappa shape index (κ1) is 18.9. The van der Waals surface area contributed by atoms with E-state index in [0.717, 1.165) is 10.2 Å². The molecule has 4 rings (SSSR count). The summed E-state index contributed by atoms with van der Waals surface area (Å²) in [6, 6.07) is 12.8. The molecule has 0 radical (unpaired) electrons. The molecule has 0 bridgehead atoms. The summed E-state index contributed by atoms with van der Waals surface area (Å²) in [5.74, 6) is 0.491. The van der Waals surface area contributed by atoms with E-state index in [-0.39, 0.29) is 24.1 Å². The highest BCUT2D eigenvalue weighted by atomic mass is 79.9. The Hall–Kier alpha value is -2.43. The summed E-state index contributed by atoms with van der Waals surface area (Å²) in [4.78, 5) is 23.9. The van der Waals surface area contributed by atoms with E-state index in [1.54, 1.807) is 18.2 Å². The number of anilines is 3. The number of thioether (sulfide) groups is 1. The molecule has 0 spiro atoms. The lowest BCUT2D eigenvalue weighted by Gasteiger charge is -2.18. The second-order valence-corrected chi connectivity index (χ2v) is 8.88. The molecule has 28 heavy (non-hydrogen) atoms. The van der Waals surface area contributed by atoms with Crippen LogP contribution in [-0.2, 0) is 4.79 Å². The van der Waals surface area contributed by atoms with Crippen LogP contribution in [0.25, 0.3) is 0 Å². The van der Waals surface area contributed by atoms with E-state index in [4.69, 9.17) is 4.74 Å². The van der Waals surface area contributed by atoms with E-state index in [9.17, 15) is 9.59 Å². The number of carbonyl (C=O) groups excluding carboxylic acids is 2. The van der Waals surface area contributed by atoms with Crippen molar-refractivity contribution in [3.8, 4) is 5.75 Å². The van der Waals surface area contributed by atoms with Gasteiger partial charge in [0.2, 0.25) is 5.13 Å². The highest BCUT2D eigenvalue weighted by molar-refractivity contribution is 9.10. The fourth-order valence-corrected chi connectivity index (χ4v) is 4.54. The van der Waals surface area contributed by atoms with Gasteiger partial charge in [0.1, 0.15) is 5.75 Å². The smallest absolute Gasteiger partial charge is 0.262 e. The quantitative estimate of drug-likeness (QED) is 0.403. The van der Waals surface area contributed by atoms with Crippen LogP contribution in [0.4, 0.5) is 16.5 Å². The van der Waals surface area contributed by atoms with Gasteiger partial charge in [0.25, 0.3) is 5.91 Å². The third-order valence-corrected chi connectivity index (χ3v) is 6.21. The van der Waals surface area contributed by atoms with Gasteiger partial charge in [-0.25, -0.2) is 0 Å². The first-order valence-corrected chi connectivity index (χ1v) is 10.7. The molecule has 0 aliphatic carbocycles. The molecule has 2 aromatic carbocycles. The number of nitrogens with one attached hydrogen (secondary N) is 2. The predicted octanol–water partition coefficient (Wildman–Crippen LogP) is 4.35. The summed E-state index contributed by atoms with van der Waals surface area (Å²) in [5, 5.41) is 14.8. The van der Waals surface area contributed by atoms with Crippen molar-refractivity contribution >= 4 is 67.2 Å². The molecule has 0 atom stereocenters. The number of nitrogens with zero attached hydrogens (tertiary/aromatic N) is 2. The van der Waals surface area contributed by atoms with Crippen LogP contribution < -0.4 is 15.4 Å². The summed E-state index contributed by atoms with van der Waals surface area (Å²) in [5.41, 5.74) is 1.93. The van der Waals surface area contributed by atoms with Crippen molar-refractivity contribution in [2.45, 2.75) is 4.34 Å². The molecule has 10 heteroatoms. The van der Waals surface area contributed by atoms with Gasteiger partial charge in [0, 0.05) is 15.7 Å². The number of fused-ring (bicyclic) bond motifs is 1. The highest BCUT2D eigenvalue weighted by Crippen LogP contribution is 2.31. The van der Waals surface area contributed by atoms with E-state index in [2.05, 4.69) is 36.8 Å². The maximum atomic E-state index is 12.5. The molecule has 1 aliphatic rings. The number of aromatic nitrogens is 2. The van der Waals surface area contributed by atoms with Crippen molar-refractivity contribution in [3.05, 3.63) is 52.5 Å². The standard InChI is InChI=1S/C18H13BrN4O3S2/c19-11-2-1-3-12(7-11)20-17-22-23-18(28-17)27-9-14(24)10-4-5-15-13(6-10)21-16(25)8-26-15/h1-7H,8-9H2,(H,20,22)(H,21,25). The molecular weight excluding hydrogens is 464 g/mol. The van der Waals surface area contributed by atoms with Gasteiger partial charge < -0.3 is 15.4 Å². The lowest BCUT2D eigenvalue weighted by Crippen LogP contribution is -2.25. The number of carbonyl (C=O) groups is 2. The first-order valence-electron chi connectivity index (χ1n) is 8.15. The van der Waals surface area contributed by atoms with Gasteiger partial charge >= 0.3 is 0 Å². The predicted molar refractivity (Wildman–Crippen MR) is 113 cm³/mol. The van der Waals surface area contributed by atoms with Crippen LogP contribution >= 0.6 is 39.0 Å². The third-order valence-electron chi connectivity index (χ3n) is 3.74. The van der Waals surface area contributed by atoms with Gasteiger partial charge in [-0.15, -0.1) is 10.2 Å². The van der Waals surface area contributed by atoms with E-state index < -0.39 is 0 Å². The van der Waals surface area contributed by atoms with Gasteiger partial charge in [0.05, 0.1) is 11.4 Å². The molecule has 0 unspecified atom stereocenters. The molecule has 2 N–H and O–H groups in total. The van der Waals surface area contributed by atoms with Gasteiger partial charge in [-0.1, -0.05) is 45.1 Å². The summed E-state index contributed by atoms with van der Waals surface area (Å²) in [6.07, 6.45) is 0. The monoisotopic (exact) mass is 476 g/mol. The number of Topliss-reactive ketones (excluding diaryl/α,β-unsaturated/α-hetero) is 1. The van der Waals surface area contributed by atoms with Crippen LogP contribution in [0.2, 0.25) is 0 Å². The molecule has 142 valence electrons. The number of halogens is 1. The Bertz CT molecular complexity index is 1060. The zero-order valence-corrected chi connectivity index (χ0v) is 17.5. The Kier molecular flexibility index (Phi) is 5.60. The fraction of sp³-hybridized carbons (Fsp3) is 0.111. The SMILES string of the molecule is O=C1COc2ccc(C(=O)CSc3nnc(Nc4cccc(Br)c4)s3)cc2N1. The van der Waals surface area contributed by atoms with Crippen molar-refractivity contribution in [3.63, 3.8) is 0 Å². The minimum atomic E-state index is -0.231. The third kappa shape index (κ3) is 4.51. The molecule has 0 saturated carbocycles. The van der Waals surface area contributed by atoms with Crippen molar-refractivity contribution in [2.24, 2.45) is 0 Å². The summed E-state index contributed by atoms with van der Waals surface area (Å²) >= 11 is 6.13. The van der Waals surface area contributed by atoms with E-state index in [1.165, 1.54) is 23.1 Å². The van der Waals surface area contributed by atoms with Crippen LogP contribution in [0.15, 0.2) is 51.3 Å². The van der Waals surface area contributed by atoms with Gasteiger partial charge in [-0.2, -0.15) is 0 Å². The lowest BCUT2D eigenvalue weighted by atomic mass is 10.1. The van der Waals surface area contributed by atoms with E-state index >= 15 is 0 Å². The topological polar surface area (TPSA) is 93.2 Å². The van der Waals surface area contributed by atoms with Crippen molar-refractivity contribution in [1.82, 2.24) is 10.2 Å². The lowest BCUT2D eigenvalue weighted by molar-refractivity contribution is -0.118. The Labute approximate surface area is 177 Å². The van der Waals surface area contributed by atoms with Crippen molar-refractivity contribution in [2.75, 3.05) is 23.0 Å². The first-order chi connectivity index (χ1) is 13.6. The van der Waals surface area contributed by atoms with Crippen LogP contribution in [0, 0.1) is 0 Å². The largest absolute Gasteiger partial charge is 0.482 e. The Morgan fingerprint density at radius 1 is 1.29 bits per heavy atom. The second kappa shape index (κ2) is 8.29. The van der Waals surface area contributed by atoms with Crippen LogP contribution in [0.3, 0.4) is 0 Å². The Balaban J connectivity index is 1.37. The van der Waals surface area contributed by atoms with Crippen LogP contribution in [0.1, 0.15) is 10.4 Å². The second-order valence-electron chi connectivity index (χ2n) is 5.77. The Morgan fingerprint density at radius 3 is 3.04 bits per heavy atom. The highest BCUT2D eigenvalue weighted by Gasteiger charge is 2.18. The Morgan fingerprint density at radius 2 is 2.18 bits per heavy atom. The summed E-state index contributed by atoms with van der Waals surface area (Å²) < 4.78 is 6.97. The molecular formula is C18H13BrN4O3S2. The number of ether oxygens (including phenoxy) is 1. The molecule has 1 amide bonds. The van der Waals surface area contributed by atoms with E-state index in [1.807, 2.05) is 24.3 Å². The molecule has 7 nitrogen and oxygen atoms in total. The normalized spacial score (nSPS) is 12.7. The van der Waals surface area contributed by atoms with E-state index in [0.29, 0.717) is 26.5 Å². The minimum Gasteiger partial charge on any atom is -0.482 e. The summed E-state index contributed by atoms with van der Waals surface area (Å²) in [7, 11) is 0. The molecule has 3 aromatic rings. The molecule has 0 fully saturated rings. The summed E-state index contributed by atoms with van der Waals surface area (Å²) in [6.45, 7) is -0.0104. The number of benzene rings is 2. The number of hydrogen-bond donors (Lipinski definition) is 2. The van der Waals surface area contributed by atoms with Gasteiger partial charge in [0.15, 0.2) is 16.7 Å². The maximum Gasteiger partial charge on any atom is 0.262 e. The zero-order valence-electron chi connectivity index (χ0n) is 14.3. The van der Waals surface area contributed by atoms with Gasteiger partial charge in [-0.05, 0) is 36.4 Å². The zero-order chi connectivity index (χ0) is 19.5. The number of hydrogen-bond acceptors (Lipinski definition) is 8. The molecule has 0 saturated heterocycles. The average molecular weight is 477 g/mol. The van der Waals surface area contributed by atoms with Crippen molar-refractivity contribution in [1.29, 1.82) is 0 Å². The number of amides is 1. The fourth-order valence-electron chi connectivity index (χ4n) is 2.48. The maximum absolute atomic E-state index is 12.5. The molecule has 2 heterocycles. The van der Waals surface area contributed by atoms with Crippen molar-refractivity contribution < 1.29 is 14.3 Å². The molecule has 1 aromatic heterocycles. The van der Waals surface area contributed by atoms with Crippen LogP contribution in [0.5, 0.6) is 5.75 Å². The average Bonchev–Trinajstić information content (AvgIpc) is 3.13. The molecule has 1 aliphatic heterocycles. The number of rotatable bonds is 6. The number of ketones is 1. The van der Waals surface area contributed by atoms with Gasteiger partial charge in [-0.3, -0.25) is 9.59 Å². The minimum absolute atomic E-state index is 0.0104.